The minimum atomic E-state index is -0.0144. The Morgan fingerprint density at radius 1 is 1.08 bits per heavy atom. The lowest BCUT2D eigenvalue weighted by Gasteiger charge is -2.46. The molecule has 132 valence electrons. The molecule has 1 aromatic heterocycles. The summed E-state index contributed by atoms with van der Waals surface area (Å²) in [5.41, 5.74) is 1.58. The number of carbonyl (C=O) groups is 1. The molecule has 2 aliphatic heterocycles. The van der Waals surface area contributed by atoms with Gasteiger partial charge in [-0.05, 0) is 70.5 Å². The zero-order valence-electron chi connectivity index (χ0n) is 14.6. The highest BCUT2D eigenvalue weighted by atomic mass is 16.5. The van der Waals surface area contributed by atoms with E-state index in [1.54, 1.807) is 0 Å². The maximum atomic E-state index is 12.6. The molecule has 2 saturated heterocycles. The molecule has 0 unspecified atom stereocenters. The molecule has 2 amide bonds. The van der Waals surface area contributed by atoms with Crippen LogP contribution in [0.4, 0.5) is 10.6 Å². The number of likely N-dealkylation sites (tertiary alicyclic amines) is 2. The van der Waals surface area contributed by atoms with Crippen LogP contribution in [0.2, 0.25) is 0 Å². The van der Waals surface area contributed by atoms with Crippen molar-refractivity contribution >= 4 is 11.8 Å². The van der Waals surface area contributed by atoms with Crippen LogP contribution in [0, 0.1) is 5.41 Å². The van der Waals surface area contributed by atoms with Crippen LogP contribution in [-0.2, 0) is 12.8 Å². The highest BCUT2D eigenvalue weighted by Gasteiger charge is 2.38. The number of aryl methyl sites for hydroxylation is 1. The molecule has 1 aromatic rings. The summed E-state index contributed by atoms with van der Waals surface area (Å²) in [7, 11) is 2.20. The van der Waals surface area contributed by atoms with E-state index in [9.17, 15) is 4.79 Å². The molecule has 6 nitrogen and oxygen atoms in total. The summed E-state index contributed by atoms with van der Waals surface area (Å²) in [5, 5.41) is 7.08. The standard InChI is InChI=1S/C18H28N4O2/c1-21-10-6-18(7-11-21)8-12-22(13-9-18)17(23)19-16-14-4-2-3-5-15(14)24-20-16/h2-13H2,1H3,(H,19,20,23). The fourth-order valence-corrected chi connectivity index (χ4v) is 4.44. The number of aromatic nitrogens is 1. The molecule has 1 aliphatic carbocycles. The van der Waals surface area contributed by atoms with Gasteiger partial charge in [0.15, 0.2) is 5.82 Å². The number of anilines is 1. The van der Waals surface area contributed by atoms with Crippen LogP contribution >= 0.6 is 0 Å². The zero-order chi connectivity index (χ0) is 16.6. The van der Waals surface area contributed by atoms with Gasteiger partial charge in [-0.2, -0.15) is 0 Å². The lowest BCUT2D eigenvalue weighted by atomic mass is 9.71. The minimum Gasteiger partial charge on any atom is -0.359 e. The van der Waals surface area contributed by atoms with Gasteiger partial charge < -0.3 is 14.3 Å². The van der Waals surface area contributed by atoms with Gasteiger partial charge in [0.25, 0.3) is 0 Å². The van der Waals surface area contributed by atoms with Crippen molar-refractivity contribution in [3.63, 3.8) is 0 Å². The SMILES string of the molecule is CN1CCC2(CC1)CCN(C(=O)Nc1noc3c1CCCC3)CC2. The molecule has 3 aliphatic rings. The van der Waals surface area contributed by atoms with E-state index in [0.717, 1.165) is 62.9 Å². The van der Waals surface area contributed by atoms with Crippen molar-refractivity contribution in [2.75, 3.05) is 38.5 Å². The van der Waals surface area contributed by atoms with Gasteiger partial charge in [0.1, 0.15) is 5.76 Å². The quantitative estimate of drug-likeness (QED) is 0.859. The number of piperidine rings is 2. The number of urea groups is 1. The number of fused-ring (bicyclic) bond motifs is 1. The van der Waals surface area contributed by atoms with Crippen molar-refractivity contribution in [1.82, 2.24) is 15.0 Å². The third kappa shape index (κ3) is 3.04. The van der Waals surface area contributed by atoms with Gasteiger partial charge in [-0.1, -0.05) is 5.16 Å². The fraction of sp³-hybridized carbons (Fsp3) is 0.778. The average Bonchev–Trinajstić information content (AvgIpc) is 3.02. The largest absolute Gasteiger partial charge is 0.359 e. The van der Waals surface area contributed by atoms with Crippen LogP contribution in [0.15, 0.2) is 4.52 Å². The Balaban J connectivity index is 1.34. The van der Waals surface area contributed by atoms with E-state index in [1.165, 1.54) is 25.9 Å². The summed E-state index contributed by atoms with van der Waals surface area (Å²) in [6.45, 7) is 4.10. The second-order valence-electron chi connectivity index (χ2n) is 7.86. The summed E-state index contributed by atoms with van der Waals surface area (Å²) < 4.78 is 5.39. The molecule has 0 bridgehead atoms. The Morgan fingerprint density at radius 2 is 1.75 bits per heavy atom. The van der Waals surface area contributed by atoms with E-state index >= 15 is 0 Å². The van der Waals surface area contributed by atoms with Crippen molar-refractivity contribution in [2.45, 2.75) is 51.4 Å². The second-order valence-corrected chi connectivity index (χ2v) is 7.86. The molecule has 24 heavy (non-hydrogen) atoms. The highest BCUT2D eigenvalue weighted by molar-refractivity contribution is 5.89. The van der Waals surface area contributed by atoms with E-state index in [0.29, 0.717) is 11.2 Å². The van der Waals surface area contributed by atoms with Gasteiger partial charge in [-0.15, -0.1) is 0 Å². The zero-order valence-corrected chi connectivity index (χ0v) is 14.6. The summed E-state index contributed by atoms with van der Waals surface area (Å²) >= 11 is 0. The van der Waals surface area contributed by atoms with Crippen molar-refractivity contribution in [3.8, 4) is 0 Å². The minimum absolute atomic E-state index is 0.0144. The molecular formula is C18H28N4O2. The normalized spacial score (nSPS) is 24.0. The molecule has 1 N–H and O–H groups in total. The number of carbonyl (C=O) groups excluding carboxylic acids is 1. The first kappa shape index (κ1) is 15.9. The van der Waals surface area contributed by atoms with Crippen LogP contribution in [0.5, 0.6) is 0 Å². The van der Waals surface area contributed by atoms with Gasteiger partial charge in [-0.25, -0.2) is 4.79 Å². The van der Waals surface area contributed by atoms with E-state index in [-0.39, 0.29) is 6.03 Å². The molecule has 0 aromatic carbocycles. The molecular weight excluding hydrogens is 304 g/mol. The van der Waals surface area contributed by atoms with E-state index in [1.807, 2.05) is 4.90 Å². The third-order valence-electron chi connectivity index (χ3n) is 6.33. The number of amides is 2. The first-order valence-corrected chi connectivity index (χ1v) is 9.37. The van der Waals surface area contributed by atoms with Gasteiger partial charge in [-0.3, -0.25) is 5.32 Å². The van der Waals surface area contributed by atoms with Crippen LogP contribution in [0.1, 0.15) is 49.8 Å². The molecule has 0 radical (unpaired) electrons. The molecule has 3 heterocycles. The van der Waals surface area contributed by atoms with Crippen LogP contribution in [0.25, 0.3) is 0 Å². The van der Waals surface area contributed by atoms with Crippen LogP contribution in [-0.4, -0.2) is 54.2 Å². The summed E-state index contributed by atoms with van der Waals surface area (Å²) in [4.78, 5) is 17.0. The van der Waals surface area contributed by atoms with Gasteiger partial charge in [0.05, 0.1) is 0 Å². The molecule has 2 fully saturated rings. The Labute approximate surface area is 143 Å². The molecule has 0 atom stereocenters. The van der Waals surface area contributed by atoms with Gasteiger partial charge in [0, 0.05) is 25.1 Å². The summed E-state index contributed by atoms with van der Waals surface area (Å²) in [6, 6.07) is -0.0144. The van der Waals surface area contributed by atoms with Crippen molar-refractivity contribution in [3.05, 3.63) is 11.3 Å². The van der Waals surface area contributed by atoms with E-state index < -0.39 is 0 Å². The van der Waals surface area contributed by atoms with E-state index in [4.69, 9.17) is 4.52 Å². The molecule has 1 spiro atoms. The Hall–Kier alpha value is -1.56. The summed E-state index contributed by atoms with van der Waals surface area (Å²) in [5.74, 6) is 1.61. The maximum Gasteiger partial charge on any atom is 0.323 e. The number of nitrogens with one attached hydrogen (secondary N) is 1. The predicted molar refractivity (Wildman–Crippen MR) is 92.1 cm³/mol. The first-order valence-electron chi connectivity index (χ1n) is 9.37. The topological polar surface area (TPSA) is 61.6 Å². The predicted octanol–water partition coefficient (Wildman–Crippen LogP) is 2.89. The van der Waals surface area contributed by atoms with Crippen molar-refractivity contribution in [2.24, 2.45) is 5.41 Å². The number of rotatable bonds is 1. The summed E-state index contributed by atoms with van der Waals surface area (Å²) in [6.07, 6.45) is 9.02. The van der Waals surface area contributed by atoms with E-state index in [2.05, 4.69) is 22.4 Å². The van der Waals surface area contributed by atoms with Gasteiger partial charge in [0.2, 0.25) is 0 Å². The molecule has 4 rings (SSSR count). The Bertz CT molecular complexity index is 594. The van der Waals surface area contributed by atoms with Crippen LogP contribution < -0.4 is 5.32 Å². The average molecular weight is 332 g/mol. The number of nitrogens with zero attached hydrogens (tertiary/aromatic N) is 3. The van der Waals surface area contributed by atoms with Crippen molar-refractivity contribution in [1.29, 1.82) is 0 Å². The Kier molecular flexibility index (Phi) is 4.24. The lowest BCUT2D eigenvalue weighted by molar-refractivity contribution is 0.0563. The lowest BCUT2D eigenvalue weighted by Crippen LogP contribution is -2.48. The molecule has 0 saturated carbocycles. The van der Waals surface area contributed by atoms with Gasteiger partial charge >= 0.3 is 6.03 Å². The fourth-order valence-electron chi connectivity index (χ4n) is 4.44. The van der Waals surface area contributed by atoms with Crippen LogP contribution in [0.3, 0.4) is 0 Å². The molecule has 6 heteroatoms. The second kappa shape index (κ2) is 6.39. The highest BCUT2D eigenvalue weighted by Crippen LogP contribution is 2.41. The monoisotopic (exact) mass is 332 g/mol. The van der Waals surface area contributed by atoms with Crippen molar-refractivity contribution < 1.29 is 9.32 Å². The smallest absolute Gasteiger partial charge is 0.323 e. The Morgan fingerprint density at radius 3 is 2.50 bits per heavy atom. The first-order chi connectivity index (χ1) is 11.7. The maximum absolute atomic E-state index is 12.6. The third-order valence-corrected chi connectivity index (χ3v) is 6.33. The number of hydrogen-bond donors (Lipinski definition) is 1. The number of hydrogen-bond acceptors (Lipinski definition) is 4.